The van der Waals surface area contributed by atoms with E-state index in [1.54, 1.807) is 11.9 Å². The molecule has 1 amide bonds. The Balaban J connectivity index is 1.92. The number of rotatable bonds is 6. The zero-order valence-corrected chi connectivity index (χ0v) is 14.6. The van der Waals surface area contributed by atoms with Crippen LogP contribution in [0, 0.1) is 13.8 Å². The number of likely N-dealkylation sites (N-methyl/N-ethyl adjacent to an activating group) is 1. The van der Waals surface area contributed by atoms with E-state index < -0.39 is 5.97 Å². The van der Waals surface area contributed by atoms with Crippen LogP contribution in [0.15, 0.2) is 18.2 Å². The maximum atomic E-state index is 12.6. The van der Waals surface area contributed by atoms with Crippen LogP contribution in [0.2, 0.25) is 0 Å². The van der Waals surface area contributed by atoms with Crippen molar-refractivity contribution in [2.24, 2.45) is 0 Å². The van der Waals surface area contributed by atoms with E-state index in [9.17, 15) is 9.59 Å². The van der Waals surface area contributed by atoms with Crippen molar-refractivity contribution >= 4 is 11.9 Å². The SMILES string of the molecule is Cc1ccc(C)c(CC(=O)N2CCOC(CN(C)CC(=O)O)C2)c1. The Hall–Kier alpha value is -1.92. The molecule has 1 aromatic rings. The average molecular weight is 334 g/mol. The minimum Gasteiger partial charge on any atom is -0.480 e. The fourth-order valence-electron chi connectivity index (χ4n) is 2.96. The molecule has 1 aliphatic heterocycles. The van der Waals surface area contributed by atoms with Crippen LogP contribution in [0.5, 0.6) is 0 Å². The standard InChI is InChI=1S/C18H26N2O4/c1-13-4-5-14(2)15(8-13)9-17(21)20-6-7-24-16(11-20)10-19(3)12-18(22)23/h4-5,8,16H,6-7,9-12H2,1-3H3,(H,22,23). The van der Waals surface area contributed by atoms with E-state index >= 15 is 0 Å². The number of carbonyl (C=O) groups is 2. The second-order valence-electron chi connectivity index (χ2n) is 6.53. The lowest BCUT2D eigenvalue weighted by Crippen LogP contribution is -2.50. The third-order valence-corrected chi connectivity index (χ3v) is 4.26. The number of carboxylic acid groups (broad SMARTS) is 1. The Bertz CT molecular complexity index is 603. The van der Waals surface area contributed by atoms with Crippen LogP contribution in [0.1, 0.15) is 16.7 Å². The smallest absolute Gasteiger partial charge is 0.317 e. The highest BCUT2D eigenvalue weighted by molar-refractivity contribution is 5.79. The summed E-state index contributed by atoms with van der Waals surface area (Å²) < 4.78 is 5.68. The molecule has 1 aliphatic rings. The third kappa shape index (κ3) is 5.32. The lowest BCUT2D eigenvalue weighted by molar-refractivity contribution is -0.142. The molecular formula is C18H26N2O4. The second kappa shape index (κ2) is 8.26. The van der Waals surface area contributed by atoms with Crippen molar-refractivity contribution in [3.05, 3.63) is 34.9 Å². The van der Waals surface area contributed by atoms with Gasteiger partial charge in [0.25, 0.3) is 0 Å². The van der Waals surface area contributed by atoms with Gasteiger partial charge in [-0.2, -0.15) is 0 Å². The van der Waals surface area contributed by atoms with Crippen molar-refractivity contribution in [3.63, 3.8) is 0 Å². The number of morpholine rings is 1. The summed E-state index contributed by atoms with van der Waals surface area (Å²) in [5.41, 5.74) is 3.34. The summed E-state index contributed by atoms with van der Waals surface area (Å²) in [6.07, 6.45) is 0.247. The van der Waals surface area contributed by atoms with Crippen molar-refractivity contribution < 1.29 is 19.4 Å². The second-order valence-corrected chi connectivity index (χ2v) is 6.53. The van der Waals surface area contributed by atoms with E-state index in [0.29, 0.717) is 32.7 Å². The molecule has 1 aromatic carbocycles. The highest BCUT2D eigenvalue weighted by atomic mass is 16.5. The number of hydrogen-bond donors (Lipinski definition) is 1. The largest absolute Gasteiger partial charge is 0.480 e. The van der Waals surface area contributed by atoms with Crippen molar-refractivity contribution in [1.82, 2.24) is 9.80 Å². The minimum atomic E-state index is -0.865. The third-order valence-electron chi connectivity index (χ3n) is 4.26. The van der Waals surface area contributed by atoms with E-state index in [1.807, 2.05) is 30.9 Å². The van der Waals surface area contributed by atoms with Gasteiger partial charge in [-0.05, 0) is 32.0 Å². The summed E-state index contributed by atoms with van der Waals surface area (Å²) in [7, 11) is 1.74. The van der Waals surface area contributed by atoms with Crippen molar-refractivity contribution in [2.45, 2.75) is 26.4 Å². The summed E-state index contributed by atoms with van der Waals surface area (Å²) in [5.74, 6) is -0.769. The first kappa shape index (κ1) is 18.4. The Kier molecular flexibility index (Phi) is 6.34. The highest BCUT2D eigenvalue weighted by Crippen LogP contribution is 2.14. The van der Waals surface area contributed by atoms with Gasteiger partial charge in [-0.15, -0.1) is 0 Å². The molecule has 1 atom stereocenters. The normalized spacial score (nSPS) is 18.0. The molecule has 1 saturated heterocycles. The zero-order valence-electron chi connectivity index (χ0n) is 14.6. The van der Waals surface area contributed by atoms with E-state index in [1.165, 1.54) is 0 Å². The van der Waals surface area contributed by atoms with Crippen molar-refractivity contribution in [2.75, 3.05) is 39.8 Å². The molecule has 0 bridgehead atoms. The van der Waals surface area contributed by atoms with Crippen LogP contribution in [-0.4, -0.2) is 72.7 Å². The van der Waals surface area contributed by atoms with Gasteiger partial charge in [0.1, 0.15) is 0 Å². The minimum absolute atomic E-state index is 0.0315. The van der Waals surface area contributed by atoms with E-state index in [2.05, 4.69) is 6.07 Å². The molecule has 6 heteroatoms. The van der Waals surface area contributed by atoms with E-state index in [4.69, 9.17) is 9.84 Å². The molecule has 0 aliphatic carbocycles. The van der Waals surface area contributed by atoms with Gasteiger partial charge in [-0.1, -0.05) is 23.8 Å². The Morgan fingerprint density at radius 3 is 2.83 bits per heavy atom. The topological polar surface area (TPSA) is 70.1 Å². The lowest BCUT2D eigenvalue weighted by Gasteiger charge is -2.34. The van der Waals surface area contributed by atoms with Crippen LogP contribution in [0.3, 0.4) is 0 Å². The van der Waals surface area contributed by atoms with Crippen LogP contribution < -0.4 is 0 Å². The molecule has 1 heterocycles. The number of aliphatic carboxylic acids is 1. The molecule has 132 valence electrons. The number of ether oxygens (including phenoxy) is 1. The van der Waals surface area contributed by atoms with Gasteiger partial charge in [0.05, 0.1) is 25.7 Å². The number of carbonyl (C=O) groups excluding carboxylic acids is 1. The molecule has 2 rings (SSSR count). The lowest BCUT2D eigenvalue weighted by atomic mass is 10.0. The Morgan fingerprint density at radius 1 is 1.38 bits per heavy atom. The molecule has 1 N–H and O–H groups in total. The zero-order chi connectivity index (χ0) is 17.7. The molecular weight excluding hydrogens is 308 g/mol. The predicted molar refractivity (Wildman–Crippen MR) is 91.1 cm³/mol. The molecule has 6 nitrogen and oxygen atoms in total. The summed E-state index contributed by atoms with van der Waals surface area (Å²) >= 11 is 0. The average Bonchev–Trinajstić information content (AvgIpc) is 2.50. The summed E-state index contributed by atoms with van der Waals surface area (Å²) in [6, 6.07) is 6.15. The molecule has 0 radical (unpaired) electrons. The molecule has 0 saturated carbocycles. The van der Waals surface area contributed by atoms with Crippen LogP contribution in [0.4, 0.5) is 0 Å². The Morgan fingerprint density at radius 2 is 2.12 bits per heavy atom. The Labute approximate surface area is 143 Å². The molecule has 24 heavy (non-hydrogen) atoms. The monoisotopic (exact) mass is 334 g/mol. The fourth-order valence-corrected chi connectivity index (χ4v) is 2.96. The summed E-state index contributed by atoms with van der Waals surface area (Å²) in [4.78, 5) is 26.9. The number of nitrogens with zero attached hydrogens (tertiary/aromatic N) is 2. The van der Waals surface area contributed by atoms with Gasteiger partial charge in [0.15, 0.2) is 0 Å². The molecule has 1 fully saturated rings. The number of amides is 1. The number of aryl methyl sites for hydroxylation is 2. The highest BCUT2D eigenvalue weighted by Gasteiger charge is 2.25. The van der Waals surface area contributed by atoms with E-state index in [-0.39, 0.29) is 18.6 Å². The molecule has 0 aromatic heterocycles. The summed E-state index contributed by atoms with van der Waals surface area (Å²) in [5, 5.41) is 8.82. The quantitative estimate of drug-likeness (QED) is 0.843. The summed E-state index contributed by atoms with van der Waals surface area (Å²) in [6.45, 7) is 6.10. The van der Waals surface area contributed by atoms with Gasteiger partial charge in [-0.3, -0.25) is 14.5 Å². The number of carboxylic acids is 1. The van der Waals surface area contributed by atoms with Gasteiger partial charge in [0, 0.05) is 19.6 Å². The number of hydrogen-bond acceptors (Lipinski definition) is 4. The van der Waals surface area contributed by atoms with E-state index in [0.717, 1.165) is 16.7 Å². The van der Waals surface area contributed by atoms with Crippen molar-refractivity contribution in [1.29, 1.82) is 0 Å². The van der Waals surface area contributed by atoms with Crippen LogP contribution in [-0.2, 0) is 20.7 Å². The maximum Gasteiger partial charge on any atom is 0.317 e. The van der Waals surface area contributed by atoms with Gasteiger partial charge in [-0.25, -0.2) is 0 Å². The first-order chi connectivity index (χ1) is 11.3. The first-order valence-corrected chi connectivity index (χ1v) is 8.21. The first-order valence-electron chi connectivity index (χ1n) is 8.21. The van der Waals surface area contributed by atoms with Gasteiger partial charge < -0.3 is 14.7 Å². The molecule has 0 spiro atoms. The molecule has 1 unspecified atom stereocenters. The van der Waals surface area contributed by atoms with Gasteiger partial charge >= 0.3 is 5.97 Å². The predicted octanol–water partition coefficient (Wildman–Crippen LogP) is 1.09. The van der Waals surface area contributed by atoms with Crippen LogP contribution >= 0.6 is 0 Å². The number of benzene rings is 1. The fraction of sp³-hybridized carbons (Fsp3) is 0.556. The van der Waals surface area contributed by atoms with Crippen molar-refractivity contribution in [3.8, 4) is 0 Å². The van der Waals surface area contributed by atoms with Crippen LogP contribution in [0.25, 0.3) is 0 Å². The van der Waals surface area contributed by atoms with Gasteiger partial charge in [0.2, 0.25) is 5.91 Å². The maximum absolute atomic E-state index is 12.6.